The van der Waals surface area contributed by atoms with Crippen LogP contribution in [0.2, 0.25) is 0 Å². The maximum absolute atomic E-state index is 13.8. The Bertz CT molecular complexity index is 1330. The molecule has 2 N–H and O–H groups in total. The maximum Gasteiger partial charge on any atom is 0.231 e. The van der Waals surface area contributed by atoms with Gasteiger partial charge in [0.2, 0.25) is 6.79 Å². The van der Waals surface area contributed by atoms with Crippen molar-refractivity contribution in [3.63, 3.8) is 0 Å². The van der Waals surface area contributed by atoms with E-state index in [0.717, 1.165) is 51.7 Å². The molecule has 0 bridgehead atoms. The number of allylic oxidation sites excluding steroid dienone is 1. The lowest BCUT2D eigenvalue weighted by atomic mass is 9.78. The third kappa shape index (κ3) is 4.28. The van der Waals surface area contributed by atoms with E-state index < -0.39 is 0 Å². The molecule has 0 saturated carbocycles. The van der Waals surface area contributed by atoms with Gasteiger partial charge >= 0.3 is 0 Å². The summed E-state index contributed by atoms with van der Waals surface area (Å²) in [5.41, 5.74) is 5.82. The maximum atomic E-state index is 13.8. The second-order valence-corrected chi connectivity index (χ2v) is 10.1. The Morgan fingerprint density at radius 1 is 0.917 bits per heavy atom. The molecule has 6 nitrogen and oxygen atoms in total. The van der Waals surface area contributed by atoms with Gasteiger partial charge in [-0.3, -0.25) is 4.79 Å². The number of rotatable bonds is 5. The molecular formula is C30H30N2O4. The number of carbonyl (C=O) groups is 1. The van der Waals surface area contributed by atoms with Crippen LogP contribution in [-0.2, 0) is 4.79 Å². The first-order valence-corrected chi connectivity index (χ1v) is 12.6. The van der Waals surface area contributed by atoms with E-state index in [9.17, 15) is 4.79 Å². The van der Waals surface area contributed by atoms with Gasteiger partial charge in [-0.25, -0.2) is 0 Å². The van der Waals surface area contributed by atoms with Gasteiger partial charge in [-0.2, -0.15) is 0 Å². The summed E-state index contributed by atoms with van der Waals surface area (Å²) in [5, 5.41) is 7.23. The second kappa shape index (κ2) is 9.26. The number of hydrogen-bond donors (Lipinski definition) is 2. The topological polar surface area (TPSA) is 68.8 Å². The predicted molar refractivity (Wildman–Crippen MR) is 140 cm³/mol. The molecule has 3 aromatic rings. The van der Waals surface area contributed by atoms with Crippen molar-refractivity contribution in [2.24, 2.45) is 5.92 Å². The van der Waals surface area contributed by atoms with Gasteiger partial charge in [-0.15, -0.1) is 0 Å². The average molecular weight is 483 g/mol. The third-order valence-electron chi connectivity index (χ3n) is 6.97. The van der Waals surface area contributed by atoms with Gasteiger partial charge < -0.3 is 24.8 Å². The summed E-state index contributed by atoms with van der Waals surface area (Å²) in [6.45, 7) is 5.18. The van der Waals surface area contributed by atoms with Gasteiger partial charge in [0.15, 0.2) is 17.3 Å². The lowest BCUT2D eigenvalue weighted by Gasteiger charge is -2.30. The lowest BCUT2D eigenvalue weighted by Crippen LogP contribution is -2.26. The molecule has 1 aliphatic carbocycles. The normalized spacial score (nSPS) is 20.2. The molecule has 3 aliphatic rings. The van der Waals surface area contributed by atoms with Crippen LogP contribution in [-0.4, -0.2) is 19.2 Å². The molecule has 36 heavy (non-hydrogen) atoms. The molecule has 2 atom stereocenters. The molecule has 2 heterocycles. The highest BCUT2D eigenvalue weighted by Gasteiger charge is 2.36. The van der Waals surface area contributed by atoms with E-state index in [0.29, 0.717) is 24.7 Å². The molecule has 3 aromatic carbocycles. The minimum absolute atomic E-state index is 0.102. The Morgan fingerprint density at radius 2 is 1.67 bits per heavy atom. The summed E-state index contributed by atoms with van der Waals surface area (Å²) in [5.74, 6) is 3.03. The summed E-state index contributed by atoms with van der Waals surface area (Å²) in [6, 6.07) is 21.9. The number of ketones is 1. The molecule has 0 saturated heterocycles. The number of Topliss-reactive ketones (excluding diaryl/α,β-unsaturated/α-hetero) is 1. The number of hydrogen-bond acceptors (Lipinski definition) is 6. The Labute approximate surface area is 211 Å². The minimum atomic E-state index is -0.286. The van der Waals surface area contributed by atoms with Crippen LogP contribution in [0.4, 0.5) is 11.4 Å². The molecule has 2 aliphatic heterocycles. The van der Waals surface area contributed by atoms with Crippen molar-refractivity contribution < 1.29 is 19.0 Å². The summed E-state index contributed by atoms with van der Waals surface area (Å²) >= 11 is 0. The van der Waals surface area contributed by atoms with E-state index in [1.807, 2.05) is 54.6 Å². The summed E-state index contributed by atoms with van der Waals surface area (Å²) in [4.78, 5) is 13.8. The highest BCUT2D eigenvalue weighted by Crippen LogP contribution is 2.45. The Morgan fingerprint density at radius 3 is 2.47 bits per heavy atom. The summed E-state index contributed by atoms with van der Waals surface area (Å²) in [7, 11) is 0. The summed E-state index contributed by atoms with van der Waals surface area (Å²) in [6.07, 6.45) is 1.22. The van der Waals surface area contributed by atoms with Crippen molar-refractivity contribution in [2.75, 3.05) is 24.0 Å². The monoisotopic (exact) mass is 482 g/mol. The highest BCUT2D eigenvalue weighted by atomic mass is 16.7. The Hall–Kier alpha value is -3.93. The largest absolute Gasteiger partial charge is 0.493 e. The number of fused-ring (bicyclic) bond motifs is 2. The molecular weight excluding hydrogens is 452 g/mol. The molecule has 184 valence electrons. The van der Waals surface area contributed by atoms with Gasteiger partial charge in [0, 0.05) is 17.7 Å². The van der Waals surface area contributed by atoms with Crippen LogP contribution in [0.1, 0.15) is 49.8 Å². The van der Waals surface area contributed by atoms with Gasteiger partial charge in [0.05, 0.1) is 24.0 Å². The van der Waals surface area contributed by atoms with Gasteiger partial charge in [-0.05, 0) is 65.8 Å². The fourth-order valence-electron chi connectivity index (χ4n) is 5.17. The fraction of sp³-hybridized carbons (Fsp3) is 0.300. The van der Waals surface area contributed by atoms with Gasteiger partial charge in [0.25, 0.3) is 0 Å². The number of para-hydroxylation sites is 2. The van der Waals surface area contributed by atoms with E-state index in [1.54, 1.807) is 0 Å². The Balaban J connectivity index is 1.34. The van der Waals surface area contributed by atoms with E-state index in [2.05, 4.69) is 36.6 Å². The standard InChI is InChI=1S/C30H30N2O4/c1-18(2)16-34-22-10-7-19(8-11-22)21-13-25-29(26(33)14-21)30(32-24-6-4-3-5-23(24)31-25)20-9-12-27-28(15-20)36-17-35-27/h3-12,15,18,21,30-32H,13-14,16-17H2,1-2H3. The highest BCUT2D eigenvalue weighted by molar-refractivity contribution is 6.01. The number of benzene rings is 3. The molecule has 0 aromatic heterocycles. The molecule has 2 unspecified atom stereocenters. The van der Waals surface area contributed by atoms with Crippen LogP contribution in [0.3, 0.4) is 0 Å². The van der Waals surface area contributed by atoms with Crippen LogP contribution in [0.15, 0.2) is 78.0 Å². The van der Waals surface area contributed by atoms with E-state index in [1.165, 1.54) is 0 Å². The van der Waals surface area contributed by atoms with E-state index >= 15 is 0 Å². The molecule has 0 amide bonds. The van der Waals surface area contributed by atoms with Crippen LogP contribution in [0, 0.1) is 5.92 Å². The van der Waals surface area contributed by atoms with Crippen LogP contribution in [0.25, 0.3) is 0 Å². The number of ether oxygens (including phenoxy) is 3. The van der Waals surface area contributed by atoms with Gasteiger partial charge in [0.1, 0.15) is 5.75 Å². The zero-order valence-corrected chi connectivity index (χ0v) is 20.5. The quantitative estimate of drug-likeness (QED) is 0.437. The molecule has 0 fully saturated rings. The van der Waals surface area contributed by atoms with Gasteiger partial charge in [-0.1, -0.05) is 44.2 Å². The first-order chi connectivity index (χ1) is 17.5. The van der Waals surface area contributed by atoms with Crippen LogP contribution < -0.4 is 24.8 Å². The van der Waals surface area contributed by atoms with E-state index in [-0.39, 0.29) is 24.5 Å². The van der Waals surface area contributed by atoms with Crippen molar-refractivity contribution in [3.8, 4) is 17.2 Å². The zero-order chi connectivity index (χ0) is 24.6. The van der Waals surface area contributed by atoms with Crippen molar-refractivity contribution >= 4 is 17.2 Å². The smallest absolute Gasteiger partial charge is 0.231 e. The van der Waals surface area contributed by atoms with Crippen LogP contribution in [0.5, 0.6) is 17.2 Å². The zero-order valence-electron chi connectivity index (χ0n) is 20.5. The predicted octanol–water partition coefficient (Wildman–Crippen LogP) is 6.43. The summed E-state index contributed by atoms with van der Waals surface area (Å²) < 4.78 is 17.0. The number of anilines is 2. The van der Waals surface area contributed by atoms with Crippen molar-refractivity contribution in [3.05, 3.63) is 89.1 Å². The SMILES string of the molecule is CC(C)COc1ccc(C2CC(=O)C3=C(C2)Nc2ccccc2NC3c2ccc3c(c2)OCO3)cc1. The fourth-order valence-corrected chi connectivity index (χ4v) is 5.17. The first kappa shape index (κ1) is 22.5. The first-order valence-electron chi connectivity index (χ1n) is 12.6. The molecule has 0 spiro atoms. The van der Waals surface area contributed by atoms with Crippen molar-refractivity contribution in [1.82, 2.24) is 0 Å². The Kier molecular flexibility index (Phi) is 5.80. The number of carbonyl (C=O) groups excluding carboxylic acids is 1. The number of nitrogens with one attached hydrogen (secondary N) is 2. The van der Waals surface area contributed by atoms with E-state index in [4.69, 9.17) is 14.2 Å². The van der Waals surface area contributed by atoms with Crippen molar-refractivity contribution in [2.45, 2.75) is 38.6 Å². The molecule has 0 radical (unpaired) electrons. The minimum Gasteiger partial charge on any atom is -0.493 e. The third-order valence-corrected chi connectivity index (χ3v) is 6.97. The van der Waals surface area contributed by atoms with Crippen molar-refractivity contribution in [1.29, 1.82) is 0 Å². The lowest BCUT2D eigenvalue weighted by molar-refractivity contribution is -0.116. The molecule has 6 rings (SSSR count). The second-order valence-electron chi connectivity index (χ2n) is 10.1. The van der Waals surface area contributed by atoms with Crippen LogP contribution >= 0.6 is 0 Å². The molecule has 6 heteroatoms. The average Bonchev–Trinajstić information content (AvgIpc) is 3.28.